The predicted octanol–water partition coefficient (Wildman–Crippen LogP) is -0.758. The number of hydrogen-bond donors (Lipinski definition) is 2. The molecule has 1 amide bonds. The smallest absolute Gasteiger partial charge is 0.402 e. The van der Waals surface area contributed by atoms with Gasteiger partial charge in [0.1, 0.15) is 0 Å². The summed E-state index contributed by atoms with van der Waals surface area (Å²) in [6, 6.07) is 0. The van der Waals surface area contributed by atoms with Crippen molar-refractivity contribution in [3.8, 4) is 0 Å². The predicted molar refractivity (Wildman–Crippen MR) is 18.0 cm³/mol. The summed E-state index contributed by atoms with van der Waals surface area (Å²) in [5.41, 5.74) is 4.03. The Morgan fingerprint density at radius 2 is 1.80 bits per heavy atom. The van der Waals surface area contributed by atoms with Crippen molar-refractivity contribution in [2.75, 3.05) is 0 Å². The molecule has 0 saturated heterocycles. The average molecular weight is 101 g/mol. The first kappa shape index (κ1) is 9.11. The molecule has 0 heterocycles. The van der Waals surface area contributed by atoms with Crippen molar-refractivity contribution in [1.82, 2.24) is 0 Å². The SMILES string of the molecule is NC(=O)O.[Ca]. The molecule has 0 aromatic rings. The van der Waals surface area contributed by atoms with E-state index >= 15 is 0 Å². The van der Waals surface area contributed by atoms with Gasteiger partial charge < -0.3 is 10.8 Å². The van der Waals surface area contributed by atoms with E-state index in [9.17, 15) is 0 Å². The molecule has 0 aromatic carbocycles. The summed E-state index contributed by atoms with van der Waals surface area (Å²) in [4.78, 5) is 8.78. The Hall–Kier alpha value is 0.530. The number of rotatable bonds is 0. The molecule has 0 aliphatic rings. The molecule has 2 radical (unpaired) electrons. The summed E-state index contributed by atoms with van der Waals surface area (Å²) < 4.78 is 0. The van der Waals surface area contributed by atoms with Crippen LogP contribution < -0.4 is 5.73 Å². The van der Waals surface area contributed by atoms with Crippen LogP contribution in [0.1, 0.15) is 0 Å². The number of hydrogen-bond acceptors (Lipinski definition) is 1. The monoisotopic (exact) mass is 101 g/mol. The minimum absolute atomic E-state index is 0. The van der Waals surface area contributed by atoms with E-state index in [-0.39, 0.29) is 37.7 Å². The van der Waals surface area contributed by atoms with Crippen molar-refractivity contribution in [2.24, 2.45) is 5.73 Å². The Morgan fingerprint density at radius 3 is 1.80 bits per heavy atom. The zero-order chi connectivity index (χ0) is 3.58. The Morgan fingerprint density at radius 1 is 1.80 bits per heavy atom. The van der Waals surface area contributed by atoms with Crippen molar-refractivity contribution in [2.45, 2.75) is 0 Å². The molecule has 0 bridgehead atoms. The third-order valence-corrected chi connectivity index (χ3v) is 0. The molecule has 4 heteroatoms. The largest absolute Gasteiger partial charge is 0.465 e. The van der Waals surface area contributed by atoms with Crippen LogP contribution in [-0.4, -0.2) is 48.9 Å². The van der Waals surface area contributed by atoms with Gasteiger partial charge in [-0.3, -0.25) is 0 Å². The second-order valence-electron chi connectivity index (χ2n) is 0.338. The Labute approximate surface area is 59.2 Å². The molecule has 0 unspecified atom stereocenters. The van der Waals surface area contributed by atoms with Crippen LogP contribution in [0.25, 0.3) is 0 Å². The van der Waals surface area contributed by atoms with E-state index in [1.807, 2.05) is 0 Å². The van der Waals surface area contributed by atoms with Crippen molar-refractivity contribution < 1.29 is 9.90 Å². The maximum Gasteiger partial charge on any atom is 0.402 e. The molecule has 5 heavy (non-hydrogen) atoms. The molecule has 0 saturated carbocycles. The van der Waals surface area contributed by atoms with Crippen LogP contribution in [0.3, 0.4) is 0 Å². The number of amides is 1. The summed E-state index contributed by atoms with van der Waals surface area (Å²) in [5, 5.41) is 7.19. The third-order valence-electron chi connectivity index (χ3n) is 0. The number of carboxylic acid groups (broad SMARTS) is 1. The van der Waals surface area contributed by atoms with Crippen LogP contribution in [-0.2, 0) is 0 Å². The van der Waals surface area contributed by atoms with Gasteiger partial charge in [-0.2, -0.15) is 0 Å². The van der Waals surface area contributed by atoms with Gasteiger partial charge in [0.15, 0.2) is 0 Å². The van der Waals surface area contributed by atoms with E-state index in [0.717, 1.165) is 0 Å². The van der Waals surface area contributed by atoms with Gasteiger partial charge in [-0.25, -0.2) is 4.79 Å². The molecule has 0 fully saturated rings. The van der Waals surface area contributed by atoms with E-state index < -0.39 is 6.09 Å². The van der Waals surface area contributed by atoms with E-state index in [1.54, 1.807) is 0 Å². The standard InChI is InChI=1S/CH3NO2.Ca/c2-1(3)4;/h2H2,(H,3,4);. The van der Waals surface area contributed by atoms with Crippen molar-refractivity contribution >= 4 is 43.8 Å². The van der Waals surface area contributed by atoms with E-state index in [4.69, 9.17) is 9.90 Å². The van der Waals surface area contributed by atoms with Gasteiger partial charge in [-0.05, 0) is 0 Å². The van der Waals surface area contributed by atoms with Gasteiger partial charge in [0.05, 0.1) is 0 Å². The summed E-state index contributed by atoms with van der Waals surface area (Å²) in [7, 11) is 0. The normalized spacial score (nSPS) is 4.80. The van der Waals surface area contributed by atoms with E-state index in [2.05, 4.69) is 5.73 Å². The van der Waals surface area contributed by atoms with Crippen molar-refractivity contribution in [3.05, 3.63) is 0 Å². The fraction of sp³-hybridized carbons (Fsp3) is 0. The van der Waals surface area contributed by atoms with Gasteiger partial charge in [0, 0.05) is 37.7 Å². The summed E-state index contributed by atoms with van der Waals surface area (Å²) in [6.07, 6.45) is -1.33. The topological polar surface area (TPSA) is 63.3 Å². The van der Waals surface area contributed by atoms with Gasteiger partial charge in [0.25, 0.3) is 0 Å². The Kier molecular flexibility index (Phi) is 8.25. The molecule has 0 spiro atoms. The van der Waals surface area contributed by atoms with Crippen LogP contribution in [0.2, 0.25) is 0 Å². The van der Waals surface area contributed by atoms with Crippen LogP contribution in [0, 0.1) is 0 Å². The maximum absolute atomic E-state index is 8.78. The molecule has 0 aliphatic heterocycles. The quantitative estimate of drug-likeness (QED) is 0.394. The van der Waals surface area contributed by atoms with Crippen LogP contribution in [0.15, 0.2) is 0 Å². The fourth-order valence-electron chi connectivity index (χ4n) is 0. The van der Waals surface area contributed by atoms with Crippen LogP contribution in [0.4, 0.5) is 4.79 Å². The van der Waals surface area contributed by atoms with Gasteiger partial charge >= 0.3 is 6.09 Å². The molecule has 3 nitrogen and oxygen atoms in total. The molecular weight excluding hydrogens is 98.1 g/mol. The van der Waals surface area contributed by atoms with Gasteiger partial charge in [0.2, 0.25) is 0 Å². The first-order chi connectivity index (χ1) is 1.73. The van der Waals surface area contributed by atoms with Crippen molar-refractivity contribution in [1.29, 1.82) is 0 Å². The molecule has 26 valence electrons. The van der Waals surface area contributed by atoms with E-state index in [0.29, 0.717) is 0 Å². The number of nitrogens with two attached hydrogens (primary N) is 1. The Balaban J connectivity index is 0. The minimum atomic E-state index is -1.33. The average Bonchev–Trinajstić information content (AvgIpc) is 0.811. The maximum atomic E-state index is 8.78. The summed E-state index contributed by atoms with van der Waals surface area (Å²) in [6.45, 7) is 0. The molecule has 0 aliphatic carbocycles. The zero-order valence-electron chi connectivity index (χ0n) is 2.64. The summed E-state index contributed by atoms with van der Waals surface area (Å²) in [5.74, 6) is 0. The third kappa shape index (κ3) is 103. The molecule has 0 atom stereocenters. The molecule has 0 aromatic heterocycles. The Bertz CT molecular complexity index is 32.6. The van der Waals surface area contributed by atoms with Crippen LogP contribution >= 0.6 is 0 Å². The molecular formula is CH3CaNO2. The second kappa shape index (κ2) is 4.53. The van der Waals surface area contributed by atoms with Crippen molar-refractivity contribution in [3.63, 3.8) is 0 Å². The number of primary amides is 1. The fourth-order valence-corrected chi connectivity index (χ4v) is 0. The first-order valence-electron chi connectivity index (χ1n) is 0.716. The molecule has 0 rings (SSSR count). The minimum Gasteiger partial charge on any atom is -0.465 e. The first-order valence-corrected chi connectivity index (χ1v) is 0.716. The molecule has 3 N–H and O–H groups in total. The van der Waals surface area contributed by atoms with Crippen LogP contribution in [0.5, 0.6) is 0 Å². The van der Waals surface area contributed by atoms with E-state index in [1.165, 1.54) is 0 Å². The number of carbonyl (C=O) groups is 1. The zero-order valence-corrected chi connectivity index (χ0v) is 4.85. The van der Waals surface area contributed by atoms with Gasteiger partial charge in [-0.1, -0.05) is 0 Å². The van der Waals surface area contributed by atoms with Gasteiger partial charge in [-0.15, -0.1) is 0 Å². The summed E-state index contributed by atoms with van der Waals surface area (Å²) >= 11 is 0. The second-order valence-corrected chi connectivity index (χ2v) is 0.338.